The molecule has 0 aromatic heterocycles. The summed E-state index contributed by atoms with van der Waals surface area (Å²) in [6, 6.07) is 16.0. The van der Waals surface area contributed by atoms with Crippen LogP contribution in [0.5, 0.6) is 0 Å². The molecule has 4 N–H and O–H groups in total. The summed E-state index contributed by atoms with van der Waals surface area (Å²) in [4.78, 5) is 0. The number of anilines is 3. The van der Waals surface area contributed by atoms with E-state index in [1.54, 1.807) is 0 Å². The van der Waals surface area contributed by atoms with E-state index in [0.717, 1.165) is 36.3 Å². The third-order valence-electron chi connectivity index (χ3n) is 3.44. The van der Waals surface area contributed by atoms with Crippen LogP contribution < -0.4 is 11.1 Å². The van der Waals surface area contributed by atoms with E-state index < -0.39 is 5.60 Å². The van der Waals surface area contributed by atoms with Crippen molar-refractivity contribution < 1.29 is 5.11 Å². The van der Waals surface area contributed by atoms with Gasteiger partial charge in [0.25, 0.3) is 0 Å². The Morgan fingerprint density at radius 1 is 1.05 bits per heavy atom. The van der Waals surface area contributed by atoms with Gasteiger partial charge in [0.15, 0.2) is 0 Å². The zero-order valence-corrected chi connectivity index (χ0v) is 12.8. The fraction of sp³-hybridized carbons (Fsp3) is 0.333. The van der Waals surface area contributed by atoms with E-state index >= 15 is 0 Å². The summed E-state index contributed by atoms with van der Waals surface area (Å²) in [5.41, 5.74) is 9.27. The van der Waals surface area contributed by atoms with Gasteiger partial charge in [-0.2, -0.15) is 0 Å². The van der Waals surface area contributed by atoms with Crippen LogP contribution in [0.4, 0.5) is 17.1 Å². The molecule has 2 rings (SSSR count). The van der Waals surface area contributed by atoms with Crippen LogP contribution in [0.3, 0.4) is 0 Å². The first-order chi connectivity index (χ1) is 9.94. The minimum Gasteiger partial charge on any atom is -0.399 e. The molecular weight excluding hydrogens is 260 g/mol. The molecule has 112 valence electrons. The fourth-order valence-electron chi connectivity index (χ4n) is 2.29. The Bertz CT molecular complexity index is 571. The molecule has 0 amide bonds. The summed E-state index contributed by atoms with van der Waals surface area (Å²) in [6.07, 6.45) is 2.70. The summed E-state index contributed by atoms with van der Waals surface area (Å²) in [7, 11) is 0. The van der Waals surface area contributed by atoms with Crippen molar-refractivity contribution in [2.24, 2.45) is 0 Å². The van der Waals surface area contributed by atoms with Gasteiger partial charge in [-0.3, -0.25) is 0 Å². The van der Waals surface area contributed by atoms with Crippen LogP contribution in [0.25, 0.3) is 0 Å². The molecule has 0 atom stereocenters. The minimum atomic E-state index is -0.598. The van der Waals surface area contributed by atoms with Crippen molar-refractivity contribution in [2.75, 3.05) is 11.1 Å². The molecule has 21 heavy (non-hydrogen) atoms. The highest BCUT2D eigenvalue weighted by Crippen LogP contribution is 2.24. The molecule has 2 aromatic carbocycles. The van der Waals surface area contributed by atoms with Gasteiger partial charge in [0.1, 0.15) is 0 Å². The lowest BCUT2D eigenvalue weighted by Crippen LogP contribution is -2.18. The molecule has 0 aliphatic heterocycles. The standard InChI is InChI=1S/C18H24N2O/c1-18(2,21)13-5-7-14-6-3-4-8-17(14)20-16-11-9-15(19)10-12-16/h3-4,6,8-12,20-21H,5,7,13,19H2,1-2H3. The van der Waals surface area contributed by atoms with Gasteiger partial charge < -0.3 is 16.2 Å². The largest absolute Gasteiger partial charge is 0.399 e. The third-order valence-corrected chi connectivity index (χ3v) is 3.44. The van der Waals surface area contributed by atoms with Crippen molar-refractivity contribution in [1.82, 2.24) is 0 Å². The average molecular weight is 284 g/mol. The van der Waals surface area contributed by atoms with Crippen molar-refractivity contribution in [3.63, 3.8) is 0 Å². The molecule has 0 radical (unpaired) electrons. The van der Waals surface area contributed by atoms with E-state index in [4.69, 9.17) is 5.73 Å². The van der Waals surface area contributed by atoms with Crippen LogP contribution in [0, 0.1) is 0 Å². The number of rotatable bonds is 6. The molecule has 3 heteroatoms. The predicted octanol–water partition coefficient (Wildman–Crippen LogP) is 4.11. The highest BCUT2D eigenvalue weighted by atomic mass is 16.3. The first kappa shape index (κ1) is 15.4. The Balaban J connectivity index is 2.04. The number of benzene rings is 2. The third kappa shape index (κ3) is 5.12. The van der Waals surface area contributed by atoms with Crippen LogP contribution in [0.15, 0.2) is 48.5 Å². The van der Waals surface area contributed by atoms with Gasteiger partial charge in [-0.25, -0.2) is 0 Å². The number of nitrogens with one attached hydrogen (secondary N) is 1. The number of hydrogen-bond donors (Lipinski definition) is 3. The Labute approximate surface area is 126 Å². The van der Waals surface area contributed by atoms with E-state index in [-0.39, 0.29) is 0 Å². The van der Waals surface area contributed by atoms with Crippen molar-refractivity contribution in [3.05, 3.63) is 54.1 Å². The lowest BCUT2D eigenvalue weighted by atomic mass is 9.98. The molecular formula is C18H24N2O. The number of aliphatic hydroxyl groups is 1. The first-order valence-electron chi connectivity index (χ1n) is 7.37. The highest BCUT2D eigenvalue weighted by Gasteiger charge is 2.12. The highest BCUT2D eigenvalue weighted by molar-refractivity contribution is 5.64. The van der Waals surface area contributed by atoms with E-state index in [0.29, 0.717) is 0 Å². The second-order valence-corrected chi connectivity index (χ2v) is 6.07. The Morgan fingerprint density at radius 3 is 2.38 bits per heavy atom. The van der Waals surface area contributed by atoms with Gasteiger partial charge in [0, 0.05) is 17.1 Å². The van der Waals surface area contributed by atoms with E-state index in [2.05, 4.69) is 17.4 Å². The maximum absolute atomic E-state index is 9.80. The second kappa shape index (κ2) is 6.64. The summed E-state index contributed by atoms with van der Waals surface area (Å²) in [6.45, 7) is 3.71. The quantitative estimate of drug-likeness (QED) is 0.700. The maximum atomic E-state index is 9.80. The summed E-state index contributed by atoms with van der Waals surface area (Å²) < 4.78 is 0. The SMILES string of the molecule is CC(C)(O)CCCc1ccccc1Nc1ccc(N)cc1. The van der Waals surface area contributed by atoms with Crippen molar-refractivity contribution in [2.45, 2.75) is 38.7 Å². The first-order valence-corrected chi connectivity index (χ1v) is 7.37. The number of nitrogen functional groups attached to an aromatic ring is 1. The number of nitrogens with two attached hydrogens (primary N) is 1. The Kier molecular flexibility index (Phi) is 4.86. The molecule has 0 fully saturated rings. The van der Waals surface area contributed by atoms with Crippen LogP contribution in [0.1, 0.15) is 32.3 Å². The predicted molar refractivity (Wildman–Crippen MR) is 89.8 cm³/mol. The molecule has 0 heterocycles. The van der Waals surface area contributed by atoms with Gasteiger partial charge in [-0.1, -0.05) is 18.2 Å². The summed E-state index contributed by atoms with van der Waals surface area (Å²) in [5, 5.41) is 13.2. The number of para-hydroxylation sites is 1. The summed E-state index contributed by atoms with van der Waals surface area (Å²) in [5.74, 6) is 0. The number of aryl methyl sites for hydroxylation is 1. The molecule has 0 spiro atoms. The van der Waals surface area contributed by atoms with Gasteiger partial charge in [-0.05, 0) is 69.0 Å². The molecule has 0 unspecified atom stereocenters. The van der Waals surface area contributed by atoms with Crippen molar-refractivity contribution >= 4 is 17.1 Å². The van der Waals surface area contributed by atoms with E-state index in [1.807, 2.05) is 50.2 Å². The van der Waals surface area contributed by atoms with Gasteiger partial charge in [0.05, 0.1) is 5.60 Å². The molecule has 2 aromatic rings. The summed E-state index contributed by atoms with van der Waals surface area (Å²) >= 11 is 0. The van der Waals surface area contributed by atoms with Crippen molar-refractivity contribution in [1.29, 1.82) is 0 Å². The van der Waals surface area contributed by atoms with Gasteiger partial charge in [-0.15, -0.1) is 0 Å². The monoisotopic (exact) mass is 284 g/mol. The molecule has 0 aliphatic carbocycles. The second-order valence-electron chi connectivity index (χ2n) is 6.07. The zero-order chi connectivity index (χ0) is 15.3. The van der Waals surface area contributed by atoms with Crippen molar-refractivity contribution in [3.8, 4) is 0 Å². The van der Waals surface area contributed by atoms with Crippen LogP contribution >= 0.6 is 0 Å². The topological polar surface area (TPSA) is 58.3 Å². The number of hydrogen-bond acceptors (Lipinski definition) is 3. The van der Waals surface area contributed by atoms with E-state index in [1.165, 1.54) is 5.56 Å². The van der Waals surface area contributed by atoms with Crippen LogP contribution in [-0.2, 0) is 6.42 Å². The van der Waals surface area contributed by atoms with Crippen LogP contribution in [-0.4, -0.2) is 10.7 Å². The molecule has 0 saturated heterocycles. The molecule has 0 aliphatic rings. The lowest BCUT2D eigenvalue weighted by molar-refractivity contribution is 0.0689. The molecule has 0 saturated carbocycles. The minimum absolute atomic E-state index is 0.598. The molecule has 0 bridgehead atoms. The molecule has 3 nitrogen and oxygen atoms in total. The van der Waals surface area contributed by atoms with Gasteiger partial charge >= 0.3 is 0 Å². The Morgan fingerprint density at radius 2 is 1.71 bits per heavy atom. The lowest BCUT2D eigenvalue weighted by Gasteiger charge is -2.17. The zero-order valence-electron chi connectivity index (χ0n) is 12.8. The maximum Gasteiger partial charge on any atom is 0.0591 e. The smallest absolute Gasteiger partial charge is 0.0591 e. The van der Waals surface area contributed by atoms with E-state index in [9.17, 15) is 5.11 Å². The Hall–Kier alpha value is -2.00. The average Bonchev–Trinajstić information content (AvgIpc) is 2.42. The fourth-order valence-corrected chi connectivity index (χ4v) is 2.29. The van der Waals surface area contributed by atoms with Gasteiger partial charge in [0.2, 0.25) is 0 Å². The van der Waals surface area contributed by atoms with Crippen LogP contribution in [0.2, 0.25) is 0 Å². The normalized spacial score (nSPS) is 11.4.